The average molecular weight is 563 g/mol. The van der Waals surface area contributed by atoms with Crippen molar-refractivity contribution >= 4 is 46.0 Å². The lowest BCUT2D eigenvalue weighted by molar-refractivity contribution is 0.216. The van der Waals surface area contributed by atoms with E-state index in [1.807, 2.05) is 25.1 Å². The number of benzene rings is 3. The Balaban J connectivity index is 1.40. The number of thiazole rings is 1. The number of aryl methyl sites for hydroxylation is 1. The molecule has 0 aliphatic carbocycles. The molecule has 0 saturated heterocycles. The van der Waals surface area contributed by atoms with Gasteiger partial charge in [-0.3, -0.25) is 9.59 Å². The van der Waals surface area contributed by atoms with E-state index in [9.17, 15) is 14.0 Å². The number of H-pyrrole nitrogens is 1. The molecular weight excluding hydrogens is 539 g/mol. The maximum Gasteiger partial charge on any atom is 0.266 e. The number of ether oxygens (including phenoxy) is 2. The topological polar surface area (TPSA) is 73.3 Å². The van der Waals surface area contributed by atoms with Crippen molar-refractivity contribution in [2.45, 2.75) is 6.92 Å². The molecule has 6 nitrogen and oxygen atoms in total. The normalized spacial score (nSPS) is 12.0. The van der Waals surface area contributed by atoms with E-state index in [1.165, 1.54) is 17.4 Å². The molecule has 198 valence electrons. The quantitative estimate of drug-likeness (QED) is 0.288. The number of rotatable bonds is 7. The fourth-order valence-corrected chi connectivity index (χ4v) is 5.49. The van der Waals surface area contributed by atoms with Crippen LogP contribution in [0, 0.1) is 5.82 Å². The molecule has 39 heavy (non-hydrogen) atoms. The summed E-state index contributed by atoms with van der Waals surface area (Å²) in [7, 11) is 1.77. The highest BCUT2D eigenvalue weighted by atomic mass is 35.5. The molecule has 0 unspecified atom stereocenters. The standard InChI is InChI=1S/C30H24ClFN2O4S/c1-17(29-30(36)33-18(2)39-29)19-12-13-25(22(31)16-19)37-14-15-38-28-26(20-8-4-6-10-23(20)32)34(3)24-11-7-5-9-21(24)27(28)35/h4-13,16H,2,14-15H2,1,3H3,(H,33,36)/b29-17+. The summed E-state index contributed by atoms with van der Waals surface area (Å²) in [6, 6.07) is 18.7. The Morgan fingerprint density at radius 3 is 2.49 bits per heavy atom. The summed E-state index contributed by atoms with van der Waals surface area (Å²) >= 11 is 7.75. The van der Waals surface area contributed by atoms with E-state index in [4.69, 9.17) is 21.1 Å². The van der Waals surface area contributed by atoms with Crippen LogP contribution in [0.5, 0.6) is 11.5 Å². The monoisotopic (exact) mass is 562 g/mol. The van der Waals surface area contributed by atoms with Gasteiger partial charge >= 0.3 is 0 Å². The molecule has 0 amide bonds. The molecule has 9 heteroatoms. The van der Waals surface area contributed by atoms with Crippen LogP contribution in [0.1, 0.15) is 12.5 Å². The van der Waals surface area contributed by atoms with Gasteiger partial charge in [0, 0.05) is 18.0 Å². The molecule has 1 N–H and O–H groups in total. The van der Waals surface area contributed by atoms with Crippen LogP contribution in [0.25, 0.3) is 34.3 Å². The fourth-order valence-electron chi connectivity index (χ4n) is 4.45. The third kappa shape index (κ3) is 5.13. The Hall–Kier alpha value is -4.14. The third-order valence-electron chi connectivity index (χ3n) is 6.37. The lowest BCUT2D eigenvalue weighted by Crippen LogP contribution is -2.22. The molecule has 0 bridgehead atoms. The van der Waals surface area contributed by atoms with Crippen molar-refractivity contribution in [2.24, 2.45) is 7.05 Å². The van der Waals surface area contributed by atoms with Gasteiger partial charge in [0.05, 0.1) is 25.4 Å². The van der Waals surface area contributed by atoms with Gasteiger partial charge in [0.15, 0.2) is 5.75 Å². The second kappa shape index (κ2) is 10.9. The average Bonchev–Trinajstić information content (AvgIpc) is 3.27. The van der Waals surface area contributed by atoms with Crippen LogP contribution in [0.2, 0.25) is 5.02 Å². The summed E-state index contributed by atoms with van der Waals surface area (Å²) in [6.07, 6.45) is 0. The number of nitrogens with one attached hydrogen (secondary N) is 1. The molecule has 0 atom stereocenters. The van der Waals surface area contributed by atoms with Crippen molar-refractivity contribution in [3.8, 4) is 22.8 Å². The molecule has 0 spiro atoms. The highest BCUT2D eigenvalue weighted by molar-refractivity contribution is 7.07. The van der Waals surface area contributed by atoms with E-state index < -0.39 is 5.82 Å². The van der Waals surface area contributed by atoms with Gasteiger partial charge in [0.1, 0.15) is 24.8 Å². The number of aromatic amines is 1. The minimum atomic E-state index is -0.459. The smallest absolute Gasteiger partial charge is 0.266 e. The molecule has 2 heterocycles. The first-order valence-corrected chi connectivity index (χ1v) is 13.3. The Morgan fingerprint density at radius 1 is 1.05 bits per heavy atom. The van der Waals surface area contributed by atoms with Gasteiger partial charge in [-0.15, -0.1) is 11.3 Å². The Labute approximate surface area is 231 Å². The number of hydrogen-bond donors (Lipinski definition) is 1. The first-order chi connectivity index (χ1) is 18.8. The second-order valence-electron chi connectivity index (χ2n) is 8.84. The summed E-state index contributed by atoms with van der Waals surface area (Å²) < 4.78 is 29.5. The molecule has 0 fully saturated rings. The molecule has 0 aliphatic heterocycles. The number of halogens is 2. The predicted octanol–water partition coefficient (Wildman–Crippen LogP) is 4.83. The van der Waals surface area contributed by atoms with E-state index in [2.05, 4.69) is 11.6 Å². The highest BCUT2D eigenvalue weighted by Gasteiger charge is 2.20. The number of fused-ring (bicyclic) bond motifs is 1. The Bertz CT molecular complexity index is 1940. The van der Waals surface area contributed by atoms with Crippen molar-refractivity contribution < 1.29 is 13.9 Å². The van der Waals surface area contributed by atoms with Crippen LogP contribution in [0.15, 0.2) is 76.3 Å². The van der Waals surface area contributed by atoms with Crippen LogP contribution in [0.4, 0.5) is 4.39 Å². The SMILES string of the molecule is C=c1[nH]c(=O)/c(=C(/C)c2ccc(OCCOc3c(-c4ccccc4F)n(C)c4ccccc4c3=O)c(Cl)c2)s1. The first-order valence-electron chi connectivity index (χ1n) is 12.1. The zero-order valence-corrected chi connectivity index (χ0v) is 22.8. The lowest BCUT2D eigenvalue weighted by atomic mass is 10.1. The van der Waals surface area contributed by atoms with E-state index >= 15 is 0 Å². The summed E-state index contributed by atoms with van der Waals surface area (Å²) in [5.41, 5.74) is 2.32. The summed E-state index contributed by atoms with van der Waals surface area (Å²) in [5, 5.41) is 0.833. The summed E-state index contributed by atoms with van der Waals surface area (Å²) in [5.74, 6) is 0.0110. The van der Waals surface area contributed by atoms with Crippen molar-refractivity contribution in [3.05, 3.63) is 113 Å². The van der Waals surface area contributed by atoms with Gasteiger partial charge in [-0.1, -0.05) is 48.5 Å². The lowest BCUT2D eigenvalue weighted by Gasteiger charge is -2.18. The summed E-state index contributed by atoms with van der Waals surface area (Å²) in [4.78, 5) is 28.2. The number of nitrogens with zero attached hydrogens (tertiary/aromatic N) is 1. The summed E-state index contributed by atoms with van der Waals surface area (Å²) in [6.45, 7) is 5.73. The van der Waals surface area contributed by atoms with Gasteiger partial charge in [-0.25, -0.2) is 4.39 Å². The molecule has 5 rings (SSSR count). The van der Waals surface area contributed by atoms with Crippen LogP contribution in [-0.2, 0) is 7.05 Å². The fraction of sp³-hybridized carbons (Fsp3) is 0.133. The van der Waals surface area contributed by atoms with E-state index in [1.54, 1.807) is 54.1 Å². The van der Waals surface area contributed by atoms with Crippen LogP contribution in [0.3, 0.4) is 0 Å². The number of hydrogen-bond acceptors (Lipinski definition) is 5. The maximum atomic E-state index is 14.8. The maximum absolute atomic E-state index is 14.8. The van der Waals surface area contributed by atoms with Crippen LogP contribution in [-0.4, -0.2) is 22.8 Å². The molecular formula is C30H24ClFN2O4S. The molecule has 0 saturated carbocycles. The van der Waals surface area contributed by atoms with E-state index in [-0.39, 0.29) is 35.5 Å². The van der Waals surface area contributed by atoms with Gasteiger partial charge in [0.25, 0.3) is 5.56 Å². The molecule has 2 aromatic heterocycles. The molecule has 0 radical (unpaired) electrons. The predicted molar refractivity (Wildman–Crippen MR) is 155 cm³/mol. The van der Waals surface area contributed by atoms with Gasteiger partial charge < -0.3 is 19.0 Å². The van der Waals surface area contributed by atoms with Crippen molar-refractivity contribution in [3.63, 3.8) is 0 Å². The second-order valence-corrected chi connectivity index (χ2v) is 10.4. The number of pyridine rings is 1. The minimum Gasteiger partial charge on any atom is -0.488 e. The van der Waals surface area contributed by atoms with Gasteiger partial charge in [0.2, 0.25) is 5.43 Å². The van der Waals surface area contributed by atoms with Crippen molar-refractivity contribution in [1.29, 1.82) is 0 Å². The number of aromatic nitrogens is 2. The van der Waals surface area contributed by atoms with Crippen molar-refractivity contribution in [1.82, 2.24) is 9.55 Å². The minimum absolute atomic E-state index is 0.0229. The Morgan fingerprint density at radius 2 is 1.77 bits per heavy atom. The first kappa shape index (κ1) is 26.5. The zero-order valence-electron chi connectivity index (χ0n) is 21.2. The van der Waals surface area contributed by atoms with Crippen molar-refractivity contribution in [2.75, 3.05) is 13.2 Å². The van der Waals surface area contributed by atoms with Gasteiger partial charge in [-0.2, -0.15) is 0 Å². The Kier molecular flexibility index (Phi) is 7.41. The largest absolute Gasteiger partial charge is 0.488 e. The third-order valence-corrected chi connectivity index (χ3v) is 7.71. The number of para-hydroxylation sites is 1. The molecule has 0 aliphatic rings. The van der Waals surface area contributed by atoms with E-state index in [0.717, 1.165) is 11.1 Å². The van der Waals surface area contributed by atoms with E-state index in [0.29, 0.717) is 36.6 Å². The van der Waals surface area contributed by atoms with Crippen LogP contribution < -0.4 is 29.7 Å². The van der Waals surface area contributed by atoms with Crippen LogP contribution >= 0.6 is 22.9 Å². The van der Waals surface area contributed by atoms with Gasteiger partial charge in [-0.05, 0) is 54.5 Å². The molecule has 3 aromatic carbocycles. The highest BCUT2D eigenvalue weighted by Crippen LogP contribution is 2.32. The molecule has 5 aromatic rings. The zero-order chi connectivity index (χ0) is 27.7.